The second kappa shape index (κ2) is 8.86. The maximum Gasteiger partial charge on any atom is 0.289 e. The van der Waals surface area contributed by atoms with Gasteiger partial charge in [0.2, 0.25) is 0 Å². The summed E-state index contributed by atoms with van der Waals surface area (Å²) in [5.74, 6) is 0.367. The largest absolute Gasteiger partial charge is 0.451 e. The Morgan fingerprint density at radius 2 is 1.65 bits per heavy atom. The van der Waals surface area contributed by atoms with E-state index in [2.05, 4.69) is 47.4 Å². The van der Waals surface area contributed by atoms with Crippen LogP contribution in [-0.4, -0.2) is 47.0 Å². The summed E-state index contributed by atoms with van der Waals surface area (Å²) in [6, 6.07) is 23.3. The van der Waals surface area contributed by atoms with Crippen LogP contribution in [-0.2, 0) is 18.6 Å². The first-order chi connectivity index (χ1) is 18.1. The molecule has 2 fully saturated rings. The van der Waals surface area contributed by atoms with Crippen molar-refractivity contribution in [2.24, 2.45) is 0 Å². The molecule has 5 heteroatoms. The number of amides is 1. The monoisotopic (exact) mass is 492 g/mol. The molecule has 0 saturated carbocycles. The Balaban J connectivity index is 1.03. The normalized spacial score (nSPS) is 18.8. The van der Waals surface area contributed by atoms with Crippen LogP contribution in [0.4, 0.5) is 0 Å². The van der Waals surface area contributed by atoms with Crippen LogP contribution < -0.4 is 0 Å². The predicted octanol–water partition coefficient (Wildman–Crippen LogP) is 5.72. The molecule has 5 nitrogen and oxygen atoms in total. The minimum absolute atomic E-state index is 0.0299. The molecule has 2 saturated heterocycles. The zero-order valence-corrected chi connectivity index (χ0v) is 21.1. The number of aliphatic hydroxyl groups is 1. The summed E-state index contributed by atoms with van der Waals surface area (Å²) >= 11 is 0. The highest BCUT2D eigenvalue weighted by molar-refractivity contribution is 5.96. The molecule has 1 N–H and O–H groups in total. The van der Waals surface area contributed by atoms with Crippen LogP contribution in [0.15, 0.2) is 71.1 Å². The summed E-state index contributed by atoms with van der Waals surface area (Å²) < 4.78 is 5.87. The lowest BCUT2D eigenvalue weighted by Gasteiger charge is -2.38. The van der Waals surface area contributed by atoms with E-state index in [1.165, 1.54) is 27.8 Å². The topological polar surface area (TPSA) is 56.9 Å². The molecule has 1 aliphatic carbocycles. The van der Waals surface area contributed by atoms with E-state index in [4.69, 9.17) is 4.42 Å². The van der Waals surface area contributed by atoms with Crippen molar-refractivity contribution >= 4 is 16.9 Å². The van der Waals surface area contributed by atoms with Gasteiger partial charge in [-0.25, -0.2) is 0 Å². The van der Waals surface area contributed by atoms with E-state index in [0.29, 0.717) is 24.2 Å². The molecule has 0 bridgehead atoms. The molecule has 0 atom stereocenters. The van der Waals surface area contributed by atoms with Gasteiger partial charge < -0.3 is 14.4 Å². The Hall–Kier alpha value is -3.41. The van der Waals surface area contributed by atoms with Crippen molar-refractivity contribution in [3.05, 3.63) is 94.7 Å². The molecular formula is C32H32N2O3. The molecule has 0 unspecified atom stereocenters. The van der Waals surface area contributed by atoms with Crippen molar-refractivity contribution in [3.63, 3.8) is 0 Å². The maximum atomic E-state index is 12.7. The van der Waals surface area contributed by atoms with Gasteiger partial charge in [0.1, 0.15) is 5.58 Å². The highest BCUT2D eigenvalue weighted by atomic mass is 16.3. The first-order valence-electron chi connectivity index (χ1n) is 13.5. The number of hydrogen-bond donors (Lipinski definition) is 1. The molecule has 1 amide bonds. The average Bonchev–Trinajstić information content (AvgIpc) is 3.67. The van der Waals surface area contributed by atoms with E-state index in [0.717, 1.165) is 62.9 Å². The minimum atomic E-state index is -0.860. The zero-order chi connectivity index (χ0) is 25.0. The SMILES string of the molecule is O=C(c1cc2cc(C3(O)CCN(Cc4ccc5c(c4)Cc4ccccc4-5)CC3)ccc2o1)N1CCCC1. The van der Waals surface area contributed by atoms with Crippen molar-refractivity contribution in [2.75, 3.05) is 26.2 Å². The zero-order valence-electron chi connectivity index (χ0n) is 21.1. The maximum absolute atomic E-state index is 12.7. The van der Waals surface area contributed by atoms with Crippen LogP contribution in [0.2, 0.25) is 0 Å². The highest BCUT2D eigenvalue weighted by Crippen LogP contribution is 2.38. The molecular weight excluding hydrogens is 460 g/mol. The molecule has 3 aliphatic rings. The Labute approximate surface area is 217 Å². The minimum Gasteiger partial charge on any atom is -0.451 e. The standard InChI is InChI=1S/C32H32N2O3/c35-31(34-13-3-4-14-34)30-20-25-19-26(8-10-29(25)37-30)32(36)11-15-33(16-12-32)21-22-7-9-28-24(17-22)18-23-5-1-2-6-27(23)28/h1-2,5-10,17,19-20,36H,3-4,11-16,18,21H2. The van der Waals surface area contributed by atoms with Gasteiger partial charge in [0.15, 0.2) is 5.76 Å². The summed E-state index contributed by atoms with van der Waals surface area (Å²) in [5.41, 5.74) is 7.67. The van der Waals surface area contributed by atoms with Crippen LogP contribution in [0.1, 0.15) is 58.5 Å². The lowest BCUT2D eigenvalue weighted by Crippen LogP contribution is -2.42. The van der Waals surface area contributed by atoms with Crippen molar-refractivity contribution in [1.29, 1.82) is 0 Å². The Morgan fingerprint density at radius 1 is 0.865 bits per heavy atom. The average molecular weight is 493 g/mol. The summed E-state index contributed by atoms with van der Waals surface area (Å²) in [4.78, 5) is 17.1. The number of carbonyl (C=O) groups is 1. The Morgan fingerprint density at radius 3 is 2.49 bits per heavy atom. The number of rotatable bonds is 4. The lowest BCUT2D eigenvalue weighted by atomic mass is 9.84. The Bertz CT molecular complexity index is 1490. The quantitative estimate of drug-likeness (QED) is 0.348. The van der Waals surface area contributed by atoms with Gasteiger partial charge >= 0.3 is 0 Å². The van der Waals surface area contributed by atoms with Gasteiger partial charge in [0.05, 0.1) is 5.60 Å². The van der Waals surface area contributed by atoms with E-state index >= 15 is 0 Å². The van der Waals surface area contributed by atoms with Gasteiger partial charge in [-0.1, -0.05) is 48.5 Å². The highest BCUT2D eigenvalue weighted by Gasteiger charge is 2.34. The number of furan rings is 1. The van der Waals surface area contributed by atoms with Gasteiger partial charge in [0.25, 0.3) is 5.91 Å². The molecule has 3 heterocycles. The van der Waals surface area contributed by atoms with Crippen LogP contribution in [0.25, 0.3) is 22.1 Å². The van der Waals surface area contributed by atoms with E-state index in [1.807, 2.05) is 29.2 Å². The van der Waals surface area contributed by atoms with E-state index in [9.17, 15) is 9.90 Å². The molecule has 3 aromatic carbocycles. The molecule has 37 heavy (non-hydrogen) atoms. The fraction of sp³-hybridized carbons (Fsp3) is 0.344. The molecule has 7 rings (SSSR count). The first kappa shape index (κ1) is 22.8. The van der Waals surface area contributed by atoms with Crippen molar-refractivity contribution in [3.8, 4) is 11.1 Å². The van der Waals surface area contributed by atoms with Crippen LogP contribution in [0, 0.1) is 0 Å². The van der Waals surface area contributed by atoms with Gasteiger partial charge in [-0.15, -0.1) is 0 Å². The van der Waals surface area contributed by atoms with E-state index in [-0.39, 0.29) is 5.91 Å². The fourth-order valence-electron chi connectivity index (χ4n) is 6.44. The molecule has 4 aromatic rings. The van der Waals surface area contributed by atoms with E-state index in [1.54, 1.807) is 0 Å². The third-order valence-electron chi connectivity index (χ3n) is 8.61. The summed E-state index contributed by atoms with van der Waals surface area (Å²) in [5, 5.41) is 12.5. The number of carbonyl (C=O) groups excluding carboxylic acids is 1. The van der Waals surface area contributed by atoms with Crippen LogP contribution in [0.3, 0.4) is 0 Å². The fourth-order valence-corrected chi connectivity index (χ4v) is 6.44. The number of nitrogens with zero attached hydrogens (tertiary/aromatic N) is 2. The molecule has 0 spiro atoms. The van der Waals surface area contributed by atoms with Crippen LogP contribution >= 0.6 is 0 Å². The molecule has 2 aliphatic heterocycles. The van der Waals surface area contributed by atoms with Gasteiger partial charge in [0, 0.05) is 38.1 Å². The predicted molar refractivity (Wildman–Crippen MR) is 144 cm³/mol. The van der Waals surface area contributed by atoms with Gasteiger partial charge in [-0.2, -0.15) is 0 Å². The summed E-state index contributed by atoms with van der Waals surface area (Å²) in [6.45, 7) is 4.20. The summed E-state index contributed by atoms with van der Waals surface area (Å²) in [7, 11) is 0. The lowest BCUT2D eigenvalue weighted by molar-refractivity contribution is -0.0276. The number of benzene rings is 3. The number of fused-ring (bicyclic) bond motifs is 4. The Kier molecular flexibility index (Phi) is 5.45. The molecule has 1 aromatic heterocycles. The first-order valence-corrected chi connectivity index (χ1v) is 13.5. The summed E-state index contributed by atoms with van der Waals surface area (Å²) in [6.07, 6.45) is 4.50. The van der Waals surface area contributed by atoms with E-state index < -0.39 is 5.60 Å². The third-order valence-corrected chi connectivity index (χ3v) is 8.61. The number of hydrogen-bond acceptors (Lipinski definition) is 4. The second-order valence-corrected chi connectivity index (χ2v) is 11.0. The molecule has 0 radical (unpaired) electrons. The number of piperidine rings is 1. The van der Waals surface area contributed by atoms with Crippen LogP contribution in [0.5, 0.6) is 0 Å². The number of likely N-dealkylation sites (tertiary alicyclic amines) is 2. The smallest absolute Gasteiger partial charge is 0.289 e. The second-order valence-electron chi connectivity index (χ2n) is 11.0. The van der Waals surface area contributed by atoms with Crippen molar-refractivity contribution < 1.29 is 14.3 Å². The van der Waals surface area contributed by atoms with Crippen molar-refractivity contribution in [1.82, 2.24) is 9.80 Å². The molecule has 188 valence electrons. The van der Waals surface area contributed by atoms with Crippen molar-refractivity contribution in [2.45, 2.75) is 44.2 Å². The van der Waals surface area contributed by atoms with Gasteiger partial charge in [-0.05, 0) is 83.7 Å². The third kappa shape index (κ3) is 4.07. The van der Waals surface area contributed by atoms with Gasteiger partial charge in [-0.3, -0.25) is 9.69 Å².